The van der Waals surface area contributed by atoms with E-state index in [1.54, 1.807) is 6.20 Å². The highest BCUT2D eigenvalue weighted by Crippen LogP contribution is 2.23. The van der Waals surface area contributed by atoms with Gasteiger partial charge in [-0.2, -0.15) is 5.10 Å². The molecule has 0 radical (unpaired) electrons. The van der Waals surface area contributed by atoms with Crippen molar-refractivity contribution in [2.75, 3.05) is 18.4 Å². The average molecular weight is 422 g/mol. The van der Waals surface area contributed by atoms with Gasteiger partial charge >= 0.3 is 0 Å². The maximum atomic E-state index is 13.7. The maximum Gasteiger partial charge on any atom is 0.227 e. The monoisotopic (exact) mass is 422 g/mol. The summed E-state index contributed by atoms with van der Waals surface area (Å²) in [6.45, 7) is 1.19. The van der Waals surface area contributed by atoms with Crippen molar-refractivity contribution in [1.82, 2.24) is 25.1 Å². The van der Waals surface area contributed by atoms with Gasteiger partial charge in [-0.3, -0.25) is 4.68 Å². The van der Waals surface area contributed by atoms with Gasteiger partial charge in [-0.1, -0.05) is 0 Å². The van der Waals surface area contributed by atoms with Crippen LogP contribution in [0, 0.1) is 23.3 Å². The predicted octanol–water partition coefficient (Wildman–Crippen LogP) is 3.48. The van der Waals surface area contributed by atoms with E-state index in [-0.39, 0.29) is 17.8 Å². The number of rotatable bonds is 6. The normalized spacial score (nSPS) is 14.7. The molecule has 1 aromatic carbocycles. The van der Waals surface area contributed by atoms with Crippen LogP contribution in [0.1, 0.15) is 24.4 Å². The van der Waals surface area contributed by atoms with Crippen molar-refractivity contribution in [2.24, 2.45) is 0 Å². The van der Waals surface area contributed by atoms with Gasteiger partial charge in [-0.25, -0.2) is 27.5 Å². The first-order valence-corrected chi connectivity index (χ1v) is 9.30. The Morgan fingerprint density at radius 3 is 2.37 bits per heavy atom. The number of hydrogen-bond acceptors (Lipinski definition) is 6. The molecular weight excluding hydrogens is 404 g/mol. The number of halogens is 4. The van der Waals surface area contributed by atoms with Crippen LogP contribution in [0.25, 0.3) is 0 Å². The van der Waals surface area contributed by atoms with E-state index >= 15 is 0 Å². The summed E-state index contributed by atoms with van der Waals surface area (Å²) in [4.78, 5) is 8.12. The quantitative estimate of drug-likeness (QED) is 0.468. The number of anilines is 2. The molecule has 3 aromatic rings. The number of nitrogens with one attached hydrogen (secondary N) is 2. The third-order valence-electron chi connectivity index (χ3n) is 4.75. The molecule has 0 spiro atoms. The van der Waals surface area contributed by atoms with Crippen molar-refractivity contribution in [3.05, 3.63) is 59.7 Å². The average Bonchev–Trinajstić information content (AvgIpc) is 3.23. The number of ether oxygens (including phenoxy) is 1. The minimum absolute atomic E-state index is 0.0782. The smallest absolute Gasteiger partial charge is 0.227 e. The van der Waals surface area contributed by atoms with Gasteiger partial charge in [0.05, 0.1) is 35.9 Å². The minimum Gasteiger partial charge on any atom is -0.485 e. The molecule has 11 heteroatoms. The molecular formula is C19H18F4N6O. The molecule has 0 aliphatic carbocycles. The second kappa shape index (κ2) is 8.66. The summed E-state index contributed by atoms with van der Waals surface area (Å²) in [7, 11) is 0. The van der Waals surface area contributed by atoms with E-state index in [1.165, 1.54) is 12.4 Å². The van der Waals surface area contributed by atoms with Crippen LogP contribution in [-0.4, -0.2) is 32.8 Å². The van der Waals surface area contributed by atoms with Crippen molar-refractivity contribution >= 4 is 11.6 Å². The maximum absolute atomic E-state index is 13.7. The topological polar surface area (TPSA) is 76.9 Å². The molecule has 7 nitrogen and oxygen atoms in total. The van der Waals surface area contributed by atoms with E-state index in [0.29, 0.717) is 11.7 Å². The first-order chi connectivity index (χ1) is 14.5. The molecule has 1 aliphatic heterocycles. The Morgan fingerprint density at radius 1 is 1.03 bits per heavy atom. The Labute approximate surface area is 169 Å². The lowest BCUT2D eigenvalue weighted by molar-refractivity contribution is 0.283. The highest BCUT2D eigenvalue weighted by molar-refractivity contribution is 5.50. The van der Waals surface area contributed by atoms with Crippen LogP contribution in [0.3, 0.4) is 0 Å². The predicted molar refractivity (Wildman–Crippen MR) is 99.3 cm³/mol. The zero-order chi connectivity index (χ0) is 21.1. The first kappa shape index (κ1) is 20.1. The molecule has 0 bridgehead atoms. The van der Waals surface area contributed by atoms with Crippen molar-refractivity contribution in [3.63, 3.8) is 0 Å². The van der Waals surface area contributed by atoms with Gasteiger partial charge in [-0.15, -0.1) is 0 Å². The molecule has 1 aliphatic rings. The number of nitrogens with zero attached hydrogens (tertiary/aromatic N) is 4. The fourth-order valence-electron chi connectivity index (χ4n) is 3.16. The lowest BCUT2D eigenvalue weighted by Crippen LogP contribution is -2.29. The molecule has 0 amide bonds. The van der Waals surface area contributed by atoms with Crippen LogP contribution in [0.2, 0.25) is 0 Å². The van der Waals surface area contributed by atoms with E-state index in [1.807, 2.05) is 10.9 Å². The molecule has 1 fully saturated rings. The second-order valence-electron chi connectivity index (χ2n) is 6.79. The molecule has 0 unspecified atom stereocenters. The Morgan fingerprint density at radius 2 is 1.70 bits per heavy atom. The van der Waals surface area contributed by atoms with E-state index in [9.17, 15) is 17.6 Å². The van der Waals surface area contributed by atoms with Crippen LogP contribution in [-0.2, 0) is 6.61 Å². The Kier molecular flexibility index (Phi) is 5.79. The molecule has 0 atom stereocenters. The van der Waals surface area contributed by atoms with Crippen LogP contribution in [0.15, 0.2) is 30.9 Å². The van der Waals surface area contributed by atoms with Gasteiger partial charge in [0, 0.05) is 12.3 Å². The SMILES string of the molecule is Fc1cc(F)c(F)c(COc2cnc(Nc3cnn(C4CCNCC4)c3)nc2)c1F. The molecule has 3 heterocycles. The van der Waals surface area contributed by atoms with Crippen molar-refractivity contribution in [1.29, 1.82) is 0 Å². The molecule has 2 aromatic heterocycles. The van der Waals surface area contributed by atoms with E-state index in [0.717, 1.165) is 25.9 Å². The number of benzene rings is 1. The van der Waals surface area contributed by atoms with Crippen molar-refractivity contribution in [2.45, 2.75) is 25.5 Å². The van der Waals surface area contributed by atoms with Gasteiger partial charge in [0.2, 0.25) is 5.95 Å². The van der Waals surface area contributed by atoms with Gasteiger partial charge in [0.25, 0.3) is 0 Å². The van der Waals surface area contributed by atoms with E-state index in [4.69, 9.17) is 4.74 Å². The number of piperidine rings is 1. The third-order valence-corrected chi connectivity index (χ3v) is 4.75. The second-order valence-corrected chi connectivity index (χ2v) is 6.79. The lowest BCUT2D eigenvalue weighted by atomic mass is 10.1. The summed E-state index contributed by atoms with van der Waals surface area (Å²) in [6.07, 6.45) is 8.09. The Hall–Kier alpha value is -3.21. The molecule has 2 N–H and O–H groups in total. The molecule has 158 valence electrons. The summed E-state index contributed by atoms with van der Waals surface area (Å²) in [5, 5.41) is 10.7. The van der Waals surface area contributed by atoms with E-state index in [2.05, 4.69) is 25.7 Å². The van der Waals surface area contributed by atoms with Gasteiger partial charge in [-0.05, 0) is 25.9 Å². The third kappa shape index (κ3) is 4.35. The Bertz CT molecular complexity index is 994. The number of hydrogen-bond donors (Lipinski definition) is 2. The lowest BCUT2D eigenvalue weighted by Gasteiger charge is -2.22. The summed E-state index contributed by atoms with van der Waals surface area (Å²) in [5.74, 6) is -5.64. The van der Waals surface area contributed by atoms with Crippen LogP contribution in [0.5, 0.6) is 5.75 Å². The zero-order valence-corrected chi connectivity index (χ0v) is 15.7. The molecule has 4 rings (SSSR count). The highest BCUT2D eigenvalue weighted by atomic mass is 19.2. The highest BCUT2D eigenvalue weighted by Gasteiger charge is 2.20. The van der Waals surface area contributed by atoms with Crippen LogP contribution < -0.4 is 15.4 Å². The van der Waals surface area contributed by atoms with Gasteiger partial charge < -0.3 is 15.4 Å². The molecule has 30 heavy (non-hydrogen) atoms. The minimum atomic E-state index is -1.50. The van der Waals surface area contributed by atoms with Crippen LogP contribution >= 0.6 is 0 Å². The fourth-order valence-corrected chi connectivity index (χ4v) is 3.16. The van der Waals surface area contributed by atoms with Gasteiger partial charge in [0.15, 0.2) is 29.0 Å². The van der Waals surface area contributed by atoms with E-state index < -0.39 is 35.4 Å². The largest absolute Gasteiger partial charge is 0.485 e. The fraction of sp³-hybridized carbons (Fsp3) is 0.316. The summed E-state index contributed by atoms with van der Waals surface area (Å²) in [6, 6.07) is 0.484. The summed E-state index contributed by atoms with van der Waals surface area (Å²) < 4.78 is 60.9. The van der Waals surface area contributed by atoms with Gasteiger partial charge in [0.1, 0.15) is 6.61 Å². The summed E-state index contributed by atoms with van der Waals surface area (Å²) >= 11 is 0. The number of aromatic nitrogens is 4. The Balaban J connectivity index is 1.38. The zero-order valence-electron chi connectivity index (χ0n) is 15.7. The first-order valence-electron chi connectivity index (χ1n) is 9.30. The van der Waals surface area contributed by atoms with Crippen molar-refractivity contribution < 1.29 is 22.3 Å². The summed E-state index contributed by atoms with van der Waals surface area (Å²) in [5.41, 5.74) is -0.137. The van der Waals surface area contributed by atoms with Crippen molar-refractivity contribution in [3.8, 4) is 5.75 Å². The standard InChI is InChI=1S/C19H18F4N6O/c20-15-5-16(21)18(23)14(17(15)22)10-30-13-7-25-19(26-8-13)28-11-6-27-29(9-11)12-1-3-24-4-2-12/h5-9,12,24H,1-4,10H2,(H,25,26,28). The molecule has 1 saturated heterocycles. The molecule has 0 saturated carbocycles. The van der Waals surface area contributed by atoms with Crippen LogP contribution in [0.4, 0.5) is 29.2 Å².